The molecule has 0 heterocycles. The summed E-state index contributed by atoms with van der Waals surface area (Å²) in [5.41, 5.74) is 1.24. The second-order valence-corrected chi connectivity index (χ2v) is 5.48. The highest BCUT2D eigenvalue weighted by atomic mass is 16.5. The van der Waals surface area contributed by atoms with Crippen LogP contribution in [-0.2, 0) is 11.3 Å². The highest BCUT2D eigenvalue weighted by Gasteiger charge is 2.41. The lowest BCUT2D eigenvalue weighted by Crippen LogP contribution is -2.34. The first kappa shape index (κ1) is 11.2. The minimum Gasteiger partial charge on any atom is -0.393 e. The Bertz CT molecular complexity index is 348. The fraction of sp³-hybridized carbons (Fsp3) is 0.600. The third-order valence-corrected chi connectivity index (χ3v) is 4.33. The second kappa shape index (κ2) is 4.79. The molecule has 0 saturated heterocycles. The van der Waals surface area contributed by atoms with E-state index < -0.39 is 0 Å². The zero-order chi connectivity index (χ0) is 11.7. The van der Waals surface area contributed by atoms with Gasteiger partial charge < -0.3 is 9.84 Å². The predicted octanol–water partition coefficient (Wildman–Crippen LogP) is 2.75. The van der Waals surface area contributed by atoms with Crippen LogP contribution in [0.15, 0.2) is 30.3 Å². The molecule has 0 radical (unpaired) electrons. The van der Waals surface area contributed by atoms with E-state index in [0.717, 1.165) is 12.8 Å². The predicted molar refractivity (Wildman–Crippen MR) is 66.5 cm³/mol. The van der Waals surface area contributed by atoms with Crippen LogP contribution in [0.3, 0.4) is 0 Å². The number of benzene rings is 1. The van der Waals surface area contributed by atoms with Crippen LogP contribution in [0.5, 0.6) is 0 Å². The molecule has 17 heavy (non-hydrogen) atoms. The number of aliphatic hydroxyl groups excluding tert-OH is 1. The van der Waals surface area contributed by atoms with Crippen molar-refractivity contribution in [2.75, 3.05) is 0 Å². The number of fused-ring (bicyclic) bond motifs is 2. The van der Waals surface area contributed by atoms with Crippen LogP contribution in [0.4, 0.5) is 0 Å². The fourth-order valence-electron chi connectivity index (χ4n) is 3.37. The van der Waals surface area contributed by atoms with Crippen molar-refractivity contribution in [2.45, 2.75) is 44.5 Å². The van der Waals surface area contributed by atoms with Crippen molar-refractivity contribution in [1.82, 2.24) is 0 Å². The Morgan fingerprint density at radius 2 is 1.71 bits per heavy atom. The fourth-order valence-corrected chi connectivity index (χ4v) is 3.37. The molecule has 2 unspecified atom stereocenters. The maximum Gasteiger partial charge on any atom is 0.0720 e. The topological polar surface area (TPSA) is 29.5 Å². The lowest BCUT2D eigenvalue weighted by Gasteiger charge is -2.32. The third-order valence-electron chi connectivity index (χ3n) is 4.33. The van der Waals surface area contributed by atoms with E-state index in [2.05, 4.69) is 12.1 Å². The lowest BCUT2D eigenvalue weighted by molar-refractivity contribution is -0.0470. The number of hydrogen-bond acceptors (Lipinski definition) is 2. The van der Waals surface area contributed by atoms with Gasteiger partial charge in [0, 0.05) is 0 Å². The van der Waals surface area contributed by atoms with E-state index >= 15 is 0 Å². The third kappa shape index (κ3) is 2.38. The summed E-state index contributed by atoms with van der Waals surface area (Å²) >= 11 is 0. The maximum atomic E-state index is 9.96. The highest BCUT2D eigenvalue weighted by Crippen LogP contribution is 2.43. The van der Waals surface area contributed by atoms with E-state index in [4.69, 9.17) is 4.74 Å². The molecular formula is C15H20O2. The molecule has 2 aliphatic carbocycles. The van der Waals surface area contributed by atoms with Gasteiger partial charge >= 0.3 is 0 Å². The quantitative estimate of drug-likeness (QED) is 0.868. The van der Waals surface area contributed by atoms with Crippen LogP contribution in [0, 0.1) is 11.8 Å². The van der Waals surface area contributed by atoms with Crippen molar-refractivity contribution in [2.24, 2.45) is 11.8 Å². The molecule has 1 N–H and O–H groups in total. The van der Waals surface area contributed by atoms with Gasteiger partial charge in [-0.25, -0.2) is 0 Å². The summed E-state index contributed by atoms with van der Waals surface area (Å²) < 4.78 is 5.99. The summed E-state index contributed by atoms with van der Waals surface area (Å²) in [6.07, 6.45) is 4.78. The molecule has 2 atom stereocenters. The van der Waals surface area contributed by atoms with Gasteiger partial charge in [0.1, 0.15) is 0 Å². The Labute approximate surface area is 103 Å². The summed E-state index contributed by atoms with van der Waals surface area (Å²) in [5.74, 6) is 0.990. The second-order valence-electron chi connectivity index (χ2n) is 5.48. The minimum atomic E-state index is -0.0495. The average molecular weight is 232 g/mol. The molecule has 92 valence electrons. The molecule has 2 aliphatic rings. The van der Waals surface area contributed by atoms with Gasteiger partial charge in [0.2, 0.25) is 0 Å². The Morgan fingerprint density at radius 3 is 2.35 bits per heavy atom. The van der Waals surface area contributed by atoms with E-state index in [1.165, 1.54) is 18.4 Å². The first-order valence-electron chi connectivity index (χ1n) is 6.66. The lowest BCUT2D eigenvalue weighted by atomic mass is 9.84. The molecule has 0 aliphatic heterocycles. The molecule has 1 aromatic carbocycles. The van der Waals surface area contributed by atoms with E-state index in [1.807, 2.05) is 18.2 Å². The van der Waals surface area contributed by atoms with Gasteiger partial charge in [-0.15, -0.1) is 0 Å². The summed E-state index contributed by atoms with van der Waals surface area (Å²) in [7, 11) is 0. The summed E-state index contributed by atoms with van der Waals surface area (Å²) in [4.78, 5) is 0. The van der Waals surface area contributed by atoms with E-state index in [9.17, 15) is 5.11 Å². The van der Waals surface area contributed by atoms with Gasteiger partial charge in [0.15, 0.2) is 0 Å². The largest absolute Gasteiger partial charge is 0.393 e. The van der Waals surface area contributed by atoms with Crippen LogP contribution in [0.1, 0.15) is 31.2 Å². The first-order valence-corrected chi connectivity index (χ1v) is 6.66. The molecule has 3 rings (SSSR count). The molecule has 0 amide bonds. The normalized spacial score (nSPS) is 36.1. The number of hydrogen-bond donors (Lipinski definition) is 1. The maximum absolute atomic E-state index is 9.96. The van der Waals surface area contributed by atoms with E-state index in [-0.39, 0.29) is 6.10 Å². The molecule has 2 nitrogen and oxygen atoms in total. The van der Waals surface area contributed by atoms with Crippen LogP contribution in [0.2, 0.25) is 0 Å². The van der Waals surface area contributed by atoms with Crippen molar-refractivity contribution in [3.05, 3.63) is 35.9 Å². The Morgan fingerprint density at radius 1 is 1.06 bits per heavy atom. The van der Waals surface area contributed by atoms with Gasteiger partial charge in [-0.2, -0.15) is 0 Å². The van der Waals surface area contributed by atoms with Crippen LogP contribution < -0.4 is 0 Å². The molecule has 2 heteroatoms. The van der Waals surface area contributed by atoms with Crippen LogP contribution in [0.25, 0.3) is 0 Å². The molecule has 2 fully saturated rings. The van der Waals surface area contributed by atoms with Gasteiger partial charge in [-0.05, 0) is 43.1 Å². The van der Waals surface area contributed by atoms with Crippen LogP contribution >= 0.6 is 0 Å². The van der Waals surface area contributed by atoms with Gasteiger partial charge in [0.25, 0.3) is 0 Å². The standard InChI is InChI=1S/C15H20O2/c16-15-12-6-7-13(15)9-14(8-12)17-10-11-4-2-1-3-5-11/h1-5,12-16H,6-10H2. The molecule has 1 aromatic rings. The van der Waals surface area contributed by atoms with Crippen molar-refractivity contribution < 1.29 is 9.84 Å². The van der Waals surface area contributed by atoms with E-state index in [0.29, 0.717) is 24.5 Å². The van der Waals surface area contributed by atoms with Crippen molar-refractivity contribution in [3.8, 4) is 0 Å². The minimum absolute atomic E-state index is 0.0495. The molecule has 0 spiro atoms. The SMILES string of the molecule is OC1C2CCC1CC(OCc1ccccc1)C2. The summed E-state index contributed by atoms with van der Waals surface area (Å²) in [6, 6.07) is 10.3. The van der Waals surface area contributed by atoms with Crippen LogP contribution in [-0.4, -0.2) is 17.3 Å². The summed E-state index contributed by atoms with van der Waals surface area (Å²) in [6.45, 7) is 0.709. The molecular weight excluding hydrogens is 212 g/mol. The molecule has 0 aromatic heterocycles. The van der Waals surface area contributed by atoms with Crippen molar-refractivity contribution in [3.63, 3.8) is 0 Å². The Hall–Kier alpha value is -0.860. The Balaban J connectivity index is 1.54. The zero-order valence-electron chi connectivity index (χ0n) is 10.1. The first-order chi connectivity index (χ1) is 8.33. The number of rotatable bonds is 3. The van der Waals surface area contributed by atoms with E-state index in [1.54, 1.807) is 0 Å². The number of ether oxygens (including phenoxy) is 1. The van der Waals surface area contributed by atoms with Gasteiger partial charge in [-0.3, -0.25) is 0 Å². The smallest absolute Gasteiger partial charge is 0.0720 e. The number of aliphatic hydroxyl groups is 1. The van der Waals surface area contributed by atoms with Crippen molar-refractivity contribution >= 4 is 0 Å². The van der Waals surface area contributed by atoms with Gasteiger partial charge in [-0.1, -0.05) is 30.3 Å². The average Bonchev–Trinajstić information content (AvgIpc) is 2.61. The molecule has 2 bridgehead atoms. The zero-order valence-corrected chi connectivity index (χ0v) is 10.1. The monoisotopic (exact) mass is 232 g/mol. The van der Waals surface area contributed by atoms with Gasteiger partial charge in [0.05, 0.1) is 18.8 Å². The molecule has 2 saturated carbocycles. The Kier molecular flexibility index (Phi) is 3.17. The van der Waals surface area contributed by atoms with Crippen molar-refractivity contribution in [1.29, 1.82) is 0 Å². The summed E-state index contributed by atoms with van der Waals surface area (Å²) in [5, 5.41) is 9.96. The highest BCUT2D eigenvalue weighted by molar-refractivity contribution is 5.13.